The van der Waals surface area contributed by atoms with E-state index in [2.05, 4.69) is 9.97 Å². The fraction of sp³-hybridized carbons (Fsp3) is 0.154. The van der Waals surface area contributed by atoms with Crippen LogP contribution in [-0.4, -0.2) is 26.9 Å². The van der Waals surface area contributed by atoms with Gasteiger partial charge < -0.3 is 4.74 Å². The van der Waals surface area contributed by atoms with Gasteiger partial charge in [-0.2, -0.15) is 0 Å². The lowest BCUT2D eigenvalue weighted by Gasteiger charge is -2.05. The van der Waals surface area contributed by atoms with Crippen LogP contribution in [0.1, 0.15) is 17.4 Å². The summed E-state index contributed by atoms with van der Waals surface area (Å²) in [5.41, 5.74) is 1.97. The van der Waals surface area contributed by atoms with Crippen molar-refractivity contribution >= 4 is 45.7 Å². The monoisotopic (exact) mass is 309 g/mol. The van der Waals surface area contributed by atoms with Crippen molar-refractivity contribution in [3.8, 4) is 0 Å². The third kappa shape index (κ3) is 1.99. The molecule has 0 radical (unpaired) electrons. The number of aromatic nitrogens is 3. The van der Waals surface area contributed by atoms with Crippen LogP contribution in [-0.2, 0) is 4.74 Å². The zero-order valence-corrected chi connectivity index (χ0v) is 11.9. The van der Waals surface area contributed by atoms with Crippen molar-refractivity contribution in [1.29, 1.82) is 0 Å². The van der Waals surface area contributed by atoms with Crippen LogP contribution in [0, 0.1) is 0 Å². The van der Waals surface area contributed by atoms with E-state index in [1.165, 1.54) is 6.33 Å². The molecule has 0 bridgehead atoms. The number of benzene rings is 1. The average molecular weight is 310 g/mol. The van der Waals surface area contributed by atoms with Gasteiger partial charge in [-0.3, -0.25) is 4.40 Å². The molecule has 0 saturated carbocycles. The third-order valence-corrected chi connectivity index (χ3v) is 3.35. The first-order chi connectivity index (χ1) is 9.61. The molecule has 0 spiro atoms. The summed E-state index contributed by atoms with van der Waals surface area (Å²) in [6.07, 6.45) is 1.52. The Bertz CT molecular complexity index is 829. The van der Waals surface area contributed by atoms with Crippen LogP contribution in [0.25, 0.3) is 16.6 Å². The van der Waals surface area contributed by atoms with Crippen LogP contribution in [0.4, 0.5) is 0 Å². The Kier molecular flexibility index (Phi) is 3.23. The highest BCUT2D eigenvalue weighted by atomic mass is 35.5. The standard InChI is InChI=1S/C13H9Cl2N3O2/c1-2-20-13(19)10-11-12(15)17-8-5-7(14)3-4-9(8)18(11)6-16-10/h3-6H,2H2,1H3. The van der Waals surface area contributed by atoms with Gasteiger partial charge in [0.2, 0.25) is 0 Å². The number of rotatable bonds is 2. The Balaban J connectivity index is 2.33. The molecule has 0 aliphatic carbocycles. The molecule has 0 aliphatic heterocycles. The summed E-state index contributed by atoms with van der Waals surface area (Å²) in [7, 11) is 0. The minimum Gasteiger partial charge on any atom is -0.461 e. The van der Waals surface area contributed by atoms with E-state index in [4.69, 9.17) is 27.9 Å². The summed E-state index contributed by atoms with van der Waals surface area (Å²) < 4.78 is 6.66. The molecule has 0 saturated heterocycles. The van der Waals surface area contributed by atoms with Crippen LogP contribution < -0.4 is 0 Å². The van der Waals surface area contributed by atoms with Crippen molar-refractivity contribution < 1.29 is 9.53 Å². The Hall–Kier alpha value is -1.85. The number of hydrogen-bond acceptors (Lipinski definition) is 4. The van der Waals surface area contributed by atoms with Gasteiger partial charge in [0.05, 0.1) is 17.6 Å². The highest BCUT2D eigenvalue weighted by Gasteiger charge is 2.19. The summed E-state index contributed by atoms with van der Waals surface area (Å²) >= 11 is 12.1. The highest BCUT2D eigenvalue weighted by molar-refractivity contribution is 6.34. The van der Waals surface area contributed by atoms with E-state index in [9.17, 15) is 4.79 Å². The van der Waals surface area contributed by atoms with Crippen molar-refractivity contribution in [2.75, 3.05) is 6.61 Å². The summed E-state index contributed by atoms with van der Waals surface area (Å²) in [6.45, 7) is 2.00. The van der Waals surface area contributed by atoms with Crippen molar-refractivity contribution in [2.45, 2.75) is 6.92 Å². The molecule has 3 rings (SSSR count). The number of fused-ring (bicyclic) bond motifs is 3. The molecular weight excluding hydrogens is 301 g/mol. The second kappa shape index (κ2) is 4.92. The van der Waals surface area contributed by atoms with Gasteiger partial charge in [0.25, 0.3) is 0 Å². The number of halogens is 2. The Morgan fingerprint density at radius 3 is 2.95 bits per heavy atom. The Labute approximate surface area is 124 Å². The van der Waals surface area contributed by atoms with E-state index in [1.807, 2.05) is 0 Å². The van der Waals surface area contributed by atoms with Gasteiger partial charge in [-0.1, -0.05) is 23.2 Å². The SMILES string of the molecule is CCOC(=O)c1ncn2c1c(Cl)nc1cc(Cl)ccc12. The lowest BCUT2D eigenvalue weighted by atomic mass is 10.3. The predicted octanol–water partition coefficient (Wildman–Crippen LogP) is 3.37. The van der Waals surface area contributed by atoms with E-state index >= 15 is 0 Å². The number of carbonyl (C=O) groups excluding carboxylic acids is 1. The largest absolute Gasteiger partial charge is 0.461 e. The fourth-order valence-electron chi connectivity index (χ4n) is 2.03. The maximum atomic E-state index is 11.9. The molecule has 7 heteroatoms. The maximum Gasteiger partial charge on any atom is 0.359 e. The molecule has 20 heavy (non-hydrogen) atoms. The number of esters is 1. The summed E-state index contributed by atoms with van der Waals surface area (Å²) in [5.74, 6) is -0.521. The quantitative estimate of drug-likeness (QED) is 0.681. The number of carbonyl (C=O) groups is 1. The first kappa shape index (κ1) is 13.1. The lowest BCUT2D eigenvalue weighted by Crippen LogP contribution is -2.06. The topological polar surface area (TPSA) is 56.5 Å². The van der Waals surface area contributed by atoms with E-state index in [0.29, 0.717) is 16.1 Å². The molecule has 0 aliphatic rings. The minimum atomic E-state index is -0.521. The smallest absolute Gasteiger partial charge is 0.359 e. The van der Waals surface area contributed by atoms with E-state index in [0.717, 1.165) is 5.52 Å². The number of imidazole rings is 1. The molecule has 2 heterocycles. The van der Waals surface area contributed by atoms with Gasteiger partial charge in [0.1, 0.15) is 11.8 Å². The van der Waals surface area contributed by atoms with Crippen LogP contribution in [0.5, 0.6) is 0 Å². The number of hydrogen-bond donors (Lipinski definition) is 0. The predicted molar refractivity (Wildman–Crippen MR) is 76.5 cm³/mol. The molecule has 3 aromatic rings. The second-order valence-corrected chi connectivity index (χ2v) is 4.86. The van der Waals surface area contributed by atoms with E-state index < -0.39 is 5.97 Å². The molecule has 0 fully saturated rings. The number of nitrogens with zero attached hydrogens (tertiary/aromatic N) is 3. The molecule has 0 unspecified atom stereocenters. The summed E-state index contributed by atoms with van der Waals surface area (Å²) in [6, 6.07) is 5.24. The maximum absolute atomic E-state index is 11.9. The van der Waals surface area contributed by atoms with E-state index in [1.54, 1.807) is 29.5 Å². The van der Waals surface area contributed by atoms with E-state index in [-0.39, 0.29) is 17.5 Å². The van der Waals surface area contributed by atoms with Crippen molar-refractivity contribution in [3.05, 3.63) is 40.4 Å². The van der Waals surface area contributed by atoms with Crippen LogP contribution in [0.3, 0.4) is 0 Å². The normalized spacial score (nSPS) is 11.2. The third-order valence-electron chi connectivity index (χ3n) is 2.85. The number of ether oxygens (including phenoxy) is 1. The van der Waals surface area contributed by atoms with Gasteiger partial charge in [-0.15, -0.1) is 0 Å². The molecule has 1 aromatic carbocycles. The first-order valence-electron chi connectivity index (χ1n) is 5.90. The van der Waals surface area contributed by atoms with Gasteiger partial charge >= 0.3 is 5.97 Å². The van der Waals surface area contributed by atoms with Crippen molar-refractivity contribution in [3.63, 3.8) is 0 Å². The molecule has 5 nitrogen and oxygen atoms in total. The van der Waals surface area contributed by atoms with Gasteiger partial charge in [0, 0.05) is 5.02 Å². The van der Waals surface area contributed by atoms with Gasteiger partial charge in [0.15, 0.2) is 10.8 Å². The highest BCUT2D eigenvalue weighted by Crippen LogP contribution is 2.26. The summed E-state index contributed by atoms with van der Waals surface area (Å²) in [5, 5.41) is 0.742. The second-order valence-electron chi connectivity index (χ2n) is 4.07. The van der Waals surface area contributed by atoms with Crippen molar-refractivity contribution in [1.82, 2.24) is 14.4 Å². The van der Waals surface area contributed by atoms with Gasteiger partial charge in [-0.25, -0.2) is 14.8 Å². The fourth-order valence-corrected chi connectivity index (χ4v) is 2.46. The molecule has 0 amide bonds. The first-order valence-corrected chi connectivity index (χ1v) is 6.66. The summed E-state index contributed by atoms with van der Waals surface area (Å²) in [4.78, 5) is 20.2. The average Bonchev–Trinajstić information content (AvgIpc) is 2.84. The van der Waals surface area contributed by atoms with Crippen molar-refractivity contribution in [2.24, 2.45) is 0 Å². The zero-order valence-electron chi connectivity index (χ0n) is 10.4. The molecule has 2 aromatic heterocycles. The molecule has 102 valence electrons. The zero-order chi connectivity index (χ0) is 14.3. The molecule has 0 atom stereocenters. The van der Waals surface area contributed by atoms with Crippen LogP contribution in [0.15, 0.2) is 24.5 Å². The van der Waals surface area contributed by atoms with Crippen LogP contribution in [0.2, 0.25) is 10.2 Å². The Morgan fingerprint density at radius 1 is 1.40 bits per heavy atom. The van der Waals surface area contributed by atoms with Gasteiger partial charge in [-0.05, 0) is 25.1 Å². The lowest BCUT2D eigenvalue weighted by molar-refractivity contribution is 0.0522. The Morgan fingerprint density at radius 2 is 2.20 bits per heavy atom. The minimum absolute atomic E-state index is 0.154. The van der Waals surface area contributed by atoms with Crippen LogP contribution >= 0.6 is 23.2 Å². The molecular formula is C13H9Cl2N3O2. The molecule has 0 N–H and O–H groups in total.